The Morgan fingerprint density at radius 1 is 1.36 bits per heavy atom. The molecule has 0 radical (unpaired) electrons. The second kappa shape index (κ2) is 7.98. The number of methoxy groups -OCH3 is 2. The highest BCUT2D eigenvalue weighted by Crippen LogP contribution is 2.22. The van der Waals surface area contributed by atoms with Crippen molar-refractivity contribution in [3.8, 4) is 11.8 Å². The highest BCUT2D eigenvalue weighted by atomic mass is 16.5. The van der Waals surface area contributed by atoms with E-state index in [-0.39, 0.29) is 17.9 Å². The van der Waals surface area contributed by atoms with Crippen LogP contribution in [0.5, 0.6) is 11.8 Å². The zero-order valence-electron chi connectivity index (χ0n) is 14.4. The SMILES string of the molecule is COc1ccc(C(=O)N2CCCOC(Cn3cccn3)C2)c(OC)n1. The largest absolute Gasteiger partial charge is 0.481 e. The van der Waals surface area contributed by atoms with E-state index in [9.17, 15) is 4.79 Å². The minimum absolute atomic E-state index is 0.108. The van der Waals surface area contributed by atoms with Gasteiger partial charge in [0.05, 0.1) is 26.9 Å². The number of nitrogens with zero attached hydrogens (tertiary/aromatic N) is 4. The molecule has 0 aliphatic carbocycles. The van der Waals surface area contributed by atoms with Gasteiger partial charge in [-0.25, -0.2) is 0 Å². The number of rotatable bonds is 5. The molecule has 1 fully saturated rings. The molecule has 3 rings (SSSR count). The van der Waals surface area contributed by atoms with E-state index in [0.29, 0.717) is 37.7 Å². The van der Waals surface area contributed by atoms with Crippen molar-refractivity contribution in [3.63, 3.8) is 0 Å². The lowest BCUT2D eigenvalue weighted by atomic mass is 10.2. The fourth-order valence-corrected chi connectivity index (χ4v) is 2.83. The Labute approximate surface area is 146 Å². The van der Waals surface area contributed by atoms with Gasteiger partial charge in [-0.15, -0.1) is 0 Å². The van der Waals surface area contributed by atoms with E-state index in [0.717, 1.165) is 6.42 Å². The van der Waals surface area contributed by atoms with Gasteiger partial charge in [0.15, 0.2) is 0 Å². The summed E-state index contributed by atoms with van der Waals surface area (Å²) in [4.78, 5) is 18.9. The quantitative estimate of drug-likeness (QED) is 0.810. The summed E-state index contributed by atoms with van der Waals surface area (Å²) in [5, 5.41) is 4.20. The Morgan fingerprint density at radius 3 is 2.96 bits per heavy atom. The third-order valence-electron chi connectivity index (χ3n) is 4.05. The zero-order valence-corrected chi connectivity index (χ0v) is 14.4. The first-order valence-electron chi connectivity index (χ1n) is 8.18. The number of hydrogen-bond acceptors (Lipinski definition) is 6. The van der Waals surface area contributed by atoms with Crippen LogP contribution in [-0.4, -0.2) is 65.6 Å². The van der Waals surface area contributed by atoms with Crippen molar-refractivity contribution in [2.75, 3.05) is 33.9 Å². The molecular weight excluding hydrogens is 324 g/mol. The smallest absolute Gasteiger partial charge is 0.259 e. The Kier molecular flexibility index (Phi) is 5.49. The average molecular weight is 346 g/mol. The molecule has 0 aromatic carbocycles. The monoisotopic (exact) mass is 346 g/mol. The van der Waals surface area contributed by atoms with E-state index in [1.165, 1.54) is 14.2 Å². The first-order valence-corrected chi connectivity index (χ1v) is 8.18. The molecule has 0 N–H and O–H groups in total. The second-order valence-electron chi connectivity index (χ2n) is 5.74. The minimum Gasteiger partial charge on any atom is -0.481 e. The van der Waals surface area contributed by atoms with Crippen LogP contribution in [0.2, 0.25) is 0 Å². The molecule has 8 heteroatoms. The zero-order chi connectivity index (χ0) is 17.6. The fourth-order valence-electron chi connectivity index (χ4n) is 2.83. The standard InChI is InChI=1S/C17H22N4O4/c1-23-15-6-5-14(16(19-15)24-2)17(22)20-8-4-10-25-13(11-20)12-21-9-3-7-18-21/h3,5-7,9,13H,4,8,10-12H2,1-2H3. The summed E-state index contributed by atoms with van der Waals surface area (Å²) in [6.45, 7) is 2.35. The van der Waals surface area contributed by atoms with Crippen LogP contribution in [0.25, 0.3) is 0 Å². The first-order chi connectivity index (χ1) is 12.2. The molecule has 0 spiro atoms. The molecule has 134 valence electrons. The molecule has 3 heterocycles. The number of pyridine rings is 1. The summed E-state index contributed by atoms with van der Waals surface area (Å²) in [6.07, 6.45) is 4.29. The van der Waals surface area contributed by atoms with E-state index < -0.39 is 0 Å². The van der Waals surface area contributed by atoms with E-state index >= 15 is 0 Å². The van der Waals surface area contributed by atoms with Crippen molar-refractivity contribution in [3.05, 3.63) is 36.2 Å². The number of carbonyl (C=O) groups excluding carboxylic acids is 1. The van der Waals surface area contributed by atoms with Gasteiger partial charge < -0.3 is 19.1 Å². The van der Waals surface area contributed by atoms with Crippen molar-refractivity contribution < 1.29 is 19.0 Å². The molecule has 0 saturated carbocycles. The van der Waals surface area contributed by atoms with Crippen molar-refractivity contribution in [2.24, 2.45) is 0 Å². The highest BCUT2D eigenvalue weighted by Gasteiger charge is 2.26. The van der Waals surface area contributed by atoms with E-state index in [1.54, 1.807) is 23.2 Å². The van der Waals surface area contributed by atoms with Crippen molar-refractivity contribution in [1.82, 2.24) is 19.7 Å². The van der Waals surface area contributed by atoms with Crippen LogP contribution >= 0.6 is 0 Å². The number of carbonyl (C=O) groups is 1. The summed E-state index contributed by atoms with van der Waals surface area (Å²) in [6, 6.07) is 5.21. The molecule has 1 saturated heterocycles. The molecular formula is C17H22N4O4. The van der Waals surface area contributed by atoms with E-state index in [1.807, 2.05) is 16.9 Å². The number of ether oxygens (including phenoxy) is 3. The summed E-state index contributed by atoms with van der Waals surface area (Å²) in [5.74, 6) is 0.547. The Bertz CT molecular complexity index is 705. The van der Waals surface area contributed by atoms with Gasteiger partial charge >= 0.3 is 0 Å². The lowest BCUT2D eigenvalue weighted by molar-refractivity contribution is 0.0366. The summed E-state index contributed by atoms with van der Waals surface area (Å²) in [5.41, 5.74) is 0.419. The van der Waals surface area contributed by atoms with Gasteiger partial charge in [0.1, 0.15) is 5.56 Å². The molecule has 1 atom stereocenters. The minimum atomic E-state index is -0.122. The van der Waals surface area contributed by atoms with Gasteiger partial charge in [0.25, 0.3) is 5.91 Å². The lowest BCUT2D eigenvalue weighted by Gasteiger charge is -2.24. The van der Waals surface area contributed by atoms with Crippen molar-refractivity contribution in [2.45, 2.75) is 19.1 Å². The van der Waals surface area contributed by atoms with Gasteiger partial charge in [0, 0.05) is 38.2 Å². The molecule has 2 aromatic heterocycles. The van der Waals surface area contributed by atoms with Gasteiger partial charge in [0.2, 0.25) is 11.8 Å². The first kappa shape index (κ1) is 17.2. The normalized spacial score (nSPS) is 17.8. The molecule has 1 amide bonds. The van der Waals surface area contributed by atoms with Crippen LogP contribution in [-0.2, 0) is 11.3 Å². The predicted octanol–water partition coefficient (Wildman–Crippen LogP) is 1.23. The molecule has 1 unspecified atom stereocenters. The third-order valence-corrected chi connectivity index (χ3v) is 4.05. The maximum Gasteiger partial charge on any atom is 0.259 e. The summed E-state index contributed by atoms with van der Waals surface area (Å²) in [7, 11) is 3.01. The molecule has 2 aromatic rings. The average Bonchev–Trinajstić information content (AvgIpc) is 3.04. The lowest BCUT2D eigenvalue weighted by Crippen LogP contribution is -2.38. The number of amides is 1. The molecule has 8 nitrogen and oxygen atoms in total. The highest BCUT2D eigenvalue weighted by molar-refractivity contribution is 5.96. The van der Waals surface area contributed by atoms with Crippen molar-refractivity contribution in [1.29, 1.82) is 0 Å². The Morgan fingerprint density at radius 2 is 2.24 bits per heavy atom. The van der Waals surface area contributed by atoms with Crippen LogP contribution in [0.3, 0.4) is 0 Å². The van der Waals surface area contributed by atoms with Crippen LogP contribution in [0.4, 0.5) is 0 Å². The summed E-state index contributed by atoms with van der Waals surface area (Å²) >= 11 is 0. The van der Waals surface area contributed by atoms with Gasteiger partial charge in [-0.3, -0.25) is 9.48 Å². The molecule has 1 aliphatic rings. The third kappa shape index (κ3) is 4.08. The Balaban J connectivity index is 1.76. The fraction of sp³-hybridized carbons (Fsp3) is 0.471. The van der Waals surface area contributed by atoms with Gasteiger partial charge in [-0.1, -0.05) is 0 Å². The van der Waals surface area contributed by atoms with E-state index in [2.05, 4.69) is 10.1 Å². The Hall–Kier alpha value is -2.61. The van der Waals surface area contributed by atoms with Crippen LogP contribution in [0, 0.1) is 0 Å². The van der Waals surface area contributed by atoms with Gasteiger partial charge in [-0.05, 0) is 18.6 Å². The predicted molar refractivity (Wildman–Crippen MR) is 89.8 cm³/mol. The molecule has 0 bridgehead atoms. The molecule has 25 heavy (non-hydrogen) atoms. The summed E-state index contributed by atoms with van der Waals surface area (Å²) < 4.78 is 18.0. The van der Waals surface area contributed by atoms with Gasteiger partial charge in [-0.2, -0.15) is 10.1 Å². The topological polar surface area (TPSA) is 78.7 Å². The maximum atomic E-state index is 13.0. The number of hydrogen-bond donors (Lipinski definition) is 0. The van der Waals surface area contributed by atoms with Crippen LogP contribution in [0.1, 0.15) is 16.8 Å². The van der Waals surface area contributed by atoms with Crippen molar-refractivity contribution >= 4 is 5.91 Å². The van der Waals surface area contributed by atoms with Crippen LogP contribution in [0.15, 0.2) is 30.6 Å². The van der Waals surface area contributed by atoms with E-state index in [4.69, 9.17) is 14.2 Å². The molecule has 1 aliphatic heterocycles. The maximum absolute atomic E-state index is 13.0. The second-order valence-corrected chi connectivity index (χ2v) is 5.74. The number of aromatic nitrogens is 3. The van der Waals surface area contributed by atoms with Crippen LogP contribution < -0.4 is 9.47 Å².